The van der Waals surface area contributed by atoms with Crippen LogP contribution in [0.1, 0.15) is 58.4 Å². The first kappa shape index (κ1) is 19.0. The molecule has 3 nitrogen and oxygen atoms in total. The molecular formula is C21H33NO2. The van der Waals surface area contributed by atoms with Gasteiger partial charge in [-0.25, -0.2) is 0 Å². The maximum atomic E-state index is 12.9. The lowest BCUT2D eigenvalue weighted by Crippen LogP contribution is -2.43. The number of carbonyl (C=O) groups excluding carboxylic acids is 1. The van der Waals surface area contributed by atoms with E-state index in [9.17, 15) is 9.90 Å². The molecular weight excluding hydrogens is 298 g/mol. The van der Waals surface area contributed by atoms with Crippen LogP contribution in [0.3, 0.4) is 0 Å². The number of hydrogen-bond acceptors (Lipinski definition) is 2. The van der Waals surface area contributed by atoms with Gasteiger partial charge in [0.05, 0.1) is 6.61 Å². The Labute approximate surface area is 146 Å². The second kappa shape index (κ2) is 8.15. The summed E-state index contributed by atoms with van der Waals surface area (Å²) in [5.41, 5.74) is 1.31. The minimum absolute atomic E-state index is 0.0377. The molecule has 0 aliphatic heterocycles. The first-order chi connectivity index (χ1) is 11.3. The minimum atomic E-state index is -0.0377. The van der Waals surface area contributed by atoms with E-state index >= 15 is 0 Å². The number of aliphatic hydroxyl groups excluding tert-OH is 1. The topological polar surface area (TPSA) is 49.3 Å². The molecule has 0 saturated heterocycles. The van der Waals surface area contributed by atoms with E-state index in [0.717, 1.165) is 18.4 Å². The lowest BCUT2D eigenvalue weighted by Gasteiger charge is -2.41. The Morgan fingerprint density at radius 1 is 1.29 bits per heavy atom. The quantitative estimate of drug-likeness (QED) is 0.828. The largest absolute Gasteiger partial charge is 0.396 e. The standard InChI is InChI=1S/C21H33NO2/c1-15(2)18-10-11-21(3,4)12-19(18)20(24)22-13-17(14-23)16-8-6-5-7-9-16/h5-9,15,17-19,23H,10-14H2,1-4H3,(H,22,24). The predicted octanol–water partition coefficient (Wildman–Crippen LogP) is 3.98. The monoisotopic (exact) mass is 331 g/mol. The Balaban J connectivity index is 2.01. The van der Waals surface area contributed by atoms with Crippen molar-refractivity contribution in [2.45, 2.75) is 52.9 Å². The SMILES string of the molecule is CC(C)C1CCC(C)(C)CC1C(=O)NCC(CO)c1ccccc1. The van der Waals surface area contributed by atoms with E-state index in [-0.39, 0.29) is 29.8 Å². The van der Waals surface area contributed by atoms with Crippen LogP contribution in [0.2, 0.25) is 0 Å². The number of nitrogens with one attached hydrogen (secondary N) is 1. The lowest BCUT2D eigenvalue weighted by molar-refractivity contribution is -0.130. The minimum Gasteiger partial charge on any atom is -0.396 e. The summed E-state index contributed by atoms with van der Waals surface area (Å²) in [4.78, 5) is 12.9. The molecule has 1 aliphatic carbocycles. The van der Waals surface area contributed by atoms with Gasteiger partial charge in [0.15, 0.2) is 0 Å². The molecule has 24 heavy (non-hydrogen) atoms. The van der Waals surface area contributed by atoms with Crippen LogP contribution in [-0.4, -0.2) is 24.2 Å². The second-order valence-corrected chi connectivity index (χ2v) is 8.46. The van der Waals surface area contributed by atoms with Gasteiger partial charge in [0.25, 0.3) is 0 Å². The third-order valence-corrected chi connectivity index (χ3v) is 5.65. The molecule has 1 saturated carbocycles. The van der Waals surface area contributed by atoms with Crippen molar-refractivity contribution >= 4 is 5.91 Å². The van der Waals surface area contributed by atoms with Crippen molar-refractivity contribution in [1.82, 2.24) is 5.32 Å². The summed E-state index contributed by atoms with van der Waals surface area (Å²) < 4.78 is 0. The molecule has 3 atom stereocenters. The van der Waals surface area contributed by atoms with Crippen LogP contribution in [0.4, 0.5) is 0 Å². The fraction of sp³-hybridized carbons (Fsp3) is 0.667. The molecule has 0 bridgehead atoms. The van der Waals surface area contributed by atoms with Gasteiger partial charge >= 0.3 is 0 Å². The van der Waals surface area contributed by atoms with E-state index in [1.54, 1.807) is 0 Å². The smallest absolute Gasteiger partial charge is 0.223 e. The highest BCUT2D eigenvalue weighted by Gasteiger charge is 2.39. The summed E-state index contributed by atoms with van der Waals surface area (Å²) in [6.45, 7) is 9.54. The van der Waals surface area contributed by atoms with Crippen LogP contribution in [0, 0.1) is 23.2 Å². The Hall–Kier alpha value is -1.35. The van der Waals surface area contributed by atoms with E-state index in [1.807, 2.05) is 30.3 Å². The molecule has 3 heteroatoms. The maximum absolute atomic E-state index is 12.9. The van der Waals surface area contributed by atoms with Crippen LogP contribution < -0.4 is 5.32 Å². The highest BCUT2D eigenvalue weighted by Crippen LogP contribution is 2.44. The van der Waals surface area contributed by atoms with Crippen molar-refractivity contribution in [2.75, 3.05) is 13.2 Å². The molecule has 3 unspecified atom stereocenters. The van der Waals surface area contributed by atoms with Crippen molar-refractivity contribution in [2.24, 2.45) is 23.2 Å². The van der Waals surface area contributed by atoms with Crippen LogP contribution >= 0.6 is 0 Å². The zero-order valence-corrected chi connectivity index (χ0v) is 15.6. The zero-order chi connectivity index (χ0) is 17.7. The Morgan fingerprint density at radius 3 is 2.54 bits per heavy atom. The van der Waals surface area contributed by atoms with Gasteiger partial charge in [-0.1, -0.05) is 58.0 Å². The molecule has 2 N–H and O–H groups in total. The number of hydrogen-bond donors (Lipinski definition) is 2. The van der Waals surface area contributed by atoms with Gasteiger partial charge in [-0.3, -0.25) is 4.79 Å². The molecule has 1 aliphatic rings. The van der Waals surface area contributed by atoms with E-state index in [0.29, 0.717) is 18.4 Å². The molecule has 1 amide bonds. The van der Waals surface area contributed by atoms with E-state index in [1.165, 1.54) is 6.42 Å². The highest BCUT2D eigenvalue weighted by molar-refractivity contribution is 5.79. The highest BCUT2D eigenvalue weighted by atomic mass is 16.3. The van der Waals surface area contributed by atoms with E-state index in [4.69, 9.17) is 0 Å². The zero-order valence-electron chi connectivity index (χ0n) is 15.6. The number of benzene rings is 1. The van der Waals surface area contributed by atoms with Crippen LogP contribution in [0.5, 0.6) is 0 Å². The molecule has 1 fully saturated rings. The van der Waals surface area contributed by atoms with Gasteiger partial charge in [0.1, 0.15) is 0 Å². The number of aliphatic hydroxyl groups is 1. The first-order valence-electron chi connectivity index (χ1n) is 9.27. The van der Waals surface area contributed by atoms with Crippen molar-refractivity contribution in [3.8, 4) is 0 Å². The summed E-state index contributed by atoms with van der Waals surface area (Å²) in [5.74, 6) is 1.20. The fourth-order valence-electron chi connectivity index (χ4n) is 4.06. The third-order valence-electron chi connectivity index (χ3n) is 5.65. The van der Waals surface area contributed by atoms with Crippen LogP contribution in [0.25, 0.3) is 0 Å². The third kappa shape index (κ3) is 4.83. The molecule has 0 radical (unpaired) electrons. The average molecular weight is 332 g/mol. The number of amides is 1. The molecule has 1 aromatic carbocycles. The fourth-order valence-corrected chi connectivity index (χ4v) is 4.06. The van der Waals surface area contributed by atoms with Gasteiger partial charge in [0, 0.05) is 18.4 Å². The van der Waals surface area contributed by atoms with Gasteiger partial charge in [0.2, 0.25) is 5.91 Å². The Kier molecular flexibility index (Phi) is 6.45. The van der Waals surface area contributed by atoms with Gasteiger partial charge < -0.3 is 10.4 Å². The van der Waals surface area contributed by atoms with E-state index in [2.05, 4.69) is 33.0 Å². The number of carbonyl (C=O) groups is 1. The average Bonchev–Trinajstić information content (AvgIpc) is 2.55. The first-order valence-corrected chi connectivity index (χ1v) is 9.27. The van der Waals surface area contributed by atoms with Crippen LogP contribution in [0.15, 0.2) is 30.3 Å². The van der Waals surface area contributed by atoms with Crippen LogP contribution in [-0.2, 0) is 4.79 Å². The summed E-state index contributed by atoms with van der Waals surface area (Å²) in [6, 6.07) is 9.92. The number of rotatable bonds is 6. The summed E-state index contributed by atoms with van der Waals surface area (Å²) in [7, 11) is 0. The Morgan fingerprint density at radius 2 is 1.96 bits per heavy atom. The van der Waals surface area contributed by atoms with Gasteiger partial charge in [-0.05, 0) is 42.1 Å². The molecule has 0 heterocycles. The van der Waals surface area contributed by atoms with Crippen molar-refractivity contribution in [1.29, 1.82) is 0 Å². The van der Waals surface area contributed by atoms with Crippen molar-refractivity contribution < 1.29 is 9.90 Å². The Bertz CT molecular complexity index is 524. The molecule has 1 aromatic rings. The second-order valence-electron chi connectivity index (χ2n) is 8.46. The lowest BCUT2D eigenvalue weighted by atomic mass is 9.64. The maximum Gasteiger partial charge on any atom is 0.223 e. The molecule has 0 aromatic heterocycles. The summed E-state index contributed by atoms with van der Waals surface area (Å²) in [6.07, 6.45) is 3.28. The van der Waals surface area contributed by atoms with E-state index < -0.39 is 0 Å². The summed E-state index contributed by atoms with van der Waals surface area (Å²) in [5, 5.41) is 12.8. The predicted molar refractivity (Wildman–Crippen MR) is 98.7 cm³/mol. The molecule has 134 valence electrons. The van der Waals surface area contributed by atoms with Crippen molar-refractivity contribution in [3.63, 3.8) is 0 Å². The van der Waals surface area contributed by atoms with Crippen molar-refractivity contribution in [3.05, 3.63) is 35.9 Å². The molecule has 2 rings (SSSR count). The normalized spacial score (nSPS) is 24.6. The van der Waals surface area contributed by atoms with Gasteiger partial charge in [-0.15, -0.1) is 0 Å². The molecule has 0 spiro atoms. The van der Waals surface area contributed by atoms with Gasteiger partial charge in [-0.2, -0.15) is 0 Å². The summed E-state index contributed by atoms with van der Waals surface area (Å²) >= 11 is 0.